The number of carbonyl (C=O) groups is 2. The van der Waals surface area contributed by atoms with Gasteiger partial charge >= 0.3 is 0 Å². The predicted octanol–water partition coefficient (Wildman–Crippen LogP) is 5.71. The molecule has 0 aliphatic rings. The van der Waals surface area contributed by atoms with Gasteiger partial charge in [0.05, 0.1) is 12.8 Å². The Balaban J connectivity index is 1.44. The van der Waals surface area contributed by atoms with Crippen LogP contribution in [0.5, 0.6) is 5.75 Å². The summed E-state index contributed by atoms with van der Waals surface area (Å²) in [5.41, 5.74) is 4.57. The number of hydrazone groups is 1. The monoisotopic (exact) mass is 549 g/mol. The number of amides is 2. The summed E-state index contributed by atoms with van der Waals surface area (Å²) in [6.07, 6.45) is 1.55. The average molecular weight is 551 g/mol. The van der Waals surface area contributed by atoms with Crippen molar-refractivity contribution in [3.05, 3.63) is 111 Å². The lowest BCUT2D eigenvalue weighted by molar-refractivity contribution is -0.120. The smallest absolute Gasteiger partial charge is 0.259 e. The maximum absolute atomic E-state index is 12.2. The highest BCUT2D eigenvalue weighted by Crippen LogP contribution is 2.27. The zero-order valence-electron chi connectivity index (χ0n) is 18.5. The van der Waals surface area contributed by atoms with E-state index in [1.807, 2.05) is 60.7 Å². The number of halogens is 2. The minimum atomic E-state index is -0.464. The van der Waals surface area contributed by atoms with Crippen molar-refractivity contribution in [2.45, 2.75) is 6.61 Å². The van der Waals surface area contributed by atoms with E-state index in [1.165, 1.54) is 6.07 Å². The van der Waals surface area contributed by atoms with Crippen LogP contribution in [0, 0.1) is 0 Å². The van der Waals surface area contributed by atoms with Crippen LogP contribution in [0.25, 0.3) is 10.8 Å². The molecule has 4 aromatic rings. The van der Waals surface area contributed by atoms with Crippen LogP contribution in [0.3, 0.4) is 0 Å². The molecule has 8 heteroatoms. The molecule has 2 amide bonds. The molecule has 0 spiro atoms. The van der Waals surface area contributed by atoms with Crippen LogP contribution >= 0.6 is 27.5 Å². The molecule has 0 radical (unpaired) electrons. The van der Waals surface area contributed by atoms with E-state index < -0.39 is 11.8 Å². The van der Waals surface area contributed by atoms with E-state index in [4.69, 9.17) is 16.3 Å². The first-order valence-electron chi connectivity index (χ1n) is 10.7. The SMILES string of the molecule is O=C(CNC(=O)c1cccc(Cl)c1)N/N=C/c1c(OCc2cccc(Br)c2)ccc2ccccc12. The summed E-state index contributed by atoms with van der Waals surface area (Å²) in [4.78, 5) is 24.4. The van der Waals surface area contributed by atoms with Gasteiger partial charge in [0.15, 0.2) is 0 Å². The largest absolute Gasteiger partial charge is 0.488 e. The Morgan fingerprint density at radius 2 is 1.80 bits per heavy atom. The van der Waals surface area contributed by atoms with Crippen molar-refractivity contribution >= 4 is 56.3 Å². The van der Waals surface area contributed by atoms with Gasteiger partial charge in [-0.15, -0.1) is 0 Å². The van der Waals surface area contributed by atoms with Crippen LogP contribution in [0.2, 0.25) is 5.02 Å². The topological polar surface area (TPSA) is 79.8 Å². The van der Waals surface area contributed by atoms with E-state index in [1.54, 1.807) is 24.4 Å². The molecule has 0 aliphatic carbocycles. The third-order valence-electron chi connectivity index (χ3n) is 5.09. The summed E-state index contributed by atoms with van der Waals surface area (Å²) in [6, 6.07) is 26.1. The molecule has 0 bridgehead atoms. The Morgan fingerprint density at radius 3 is 2.63 bits per heavy atom. The second kappa shape index (κ2) is 11.6. The van der Waals surface area contributed by atoms with E-state index in [-0.39, 0.29) is 6.54 Å². The lowest BCUT2D eigenvalue weighted by Crippen LogP contribution is -2.34. The Kier molecular flexibility index (Phi) is 8.13. The van der Waals surface area contributed by atoms with Gasteiger partial charge in [-0.1, -0.05) is 76.1 Å². The van der Waals surface area contributed by atoms with Gasteiger partial charge in [-0.05, 0) is 52.7 Å². The highest BCUT2D eigenvalue weighted by Gasteiger charge is 2.10. The fraction of sp³-hybridized carbons (Fsp3) is 0.0741. The van der Waals surface area contributed by atoms with Crippen molar-refractivity contribution in [2.24, 2.45) is 5.10 Å². The molecule has 6 nitrogen and oxygen atoms in total. The lowest BCUT2D eigenvalue weighted by Gasteiger charge is -2.12. The molecular weight excluding hydrogens is 530 g/mol. The highest BCUT2D eigenvalue weighted by atomic mass is 79.9. The second-order valence-electron chi connectivity index (χ2n) is 7.60. The van der Waals surface area contributed by atoms with E-state index in [9.17, 15) is 9.59 Å². The maximum atomic E-state index is 12.2. The van der Waals surface area contributed by atoms with Crippen LogP contribution in [0.15, 0.2) is 94.5 Å². The Morgan fingerprint density at radius 1 is 0.971 bits per heavy atom. The predicted molar refractivity (Wildman–Crippen MR) is 142 cm³/mol. The number of ether oxygens (including phenoxy) is 1. The van der Waals surface area contributed by atoms with Crippen LogP contribution in [-0.4, -0.2) is 24.6 Å². The molecule has 4 aromatic carbocycles. The van der Waals surface area contributed by atoms with Gasteiger partial charge in [0.1, 0.15) is 12.4 Å². The third-order valence-corrected chi connectivity index (χ3v) is 5.82. The fourth-order valence-corrected chi connectivity index (χ4v) is 4.06. The van der Waals surface area contributed by atoms with Gasteiger partial charge in [0, 0.05) is 20.6 Å². The summed E-state index contributed by atoms with van der Waals surface area (Å²) in [5.74, 6) is -0.228. The summed E-state index contributed by atoms with van der Waals surface area (Å²) in [5, 5.41) is 9.05. The quantitative estimate of drug-likeness (QED) is 0.218. The zero-order valence-corrected chi connectivity index (χ0v) is 20.8. The number of hydrogen-bond donors (Lipinski definition) is 2. The van der Waals surface area contributed by atoms with E-state index >= 15 is 0 Å². The van der Waals surface area contributed by atoms with Crippen molar-refractivity contribution < 1.29 is 14.3 Å². The molecule has 4 rings (SSSR count). The number of carbonyl (C=O) groups excluding carboxylic acids is 2. The number of fused-ring (bicyclic) bond motifs is 1. The number of rotatable bonds is 8. The molecule has 0 aromatic heterocycles. The highest BCUT2D eigenvalue weighted by molar-refractivity contribution is 9.10. The third kappa shape index (κ3) is 6.68. The summed E-state index contributed by atoms with van der Waals surface area (Å²) in [7, 11) is 0. The van der Waals surface area contributed by atoms with Gasteiger partial charge in [-0.2, -0.15) is 5.10 Å². The van der Waals surface area contributed by atoms with Crippen molar-refractivity contribution in [2.75, 3.05) is 6.54 Å². The van der Waals surface area contributed by atoms with E-state index in [0.717, 1.165) is 26.4 Å². The molecule has 0 unspecified atom stereocenters. The summed E-state index contributed by atoms with van der Waals surface area (Å²) < 4.78 is 7.06. The first-order valence-corrected chi connectivity index (χ1v) is 11.9. The van der Waals surface area contributed by atoms with Crippen molar-refractivity contribution in [1.82, 2.24) is 10.7 Å². The van der Waals surface area contributed by atoms with Crippen LogP contribution in [-0.2, 0) is 11.4 Å². The average Bonchev–Trinajstić information content (AvgIpc) is 2.86. The molecule has 0 fully saturated rings. The number of nitrogens with zero attached hydrogens (tertiary/aromatic N) is 1. The Labute approximate surface area is 216 Å². The normalized spacial score (nSPS) is 10.9. The first-order chi connectivity index (χ1) is 17.0. The molecule has 35 heavy (non-hydrogen) atoms. The van der Waals surface area contributed by atoms with Crippen molar-refractivity contribution in [1.29, 1.82) is 0 Å². The molecule has 176 valence electrons. The van der Waals surface area contributed by atoms with Crippen molar-refractivity contribution in [3.63, 3.8) is 0 Å². The molecule has 2 N–H and O–H groups in total. The van der Waals surface area contributed by atoms with Gasteiger partial charge < -0.3 is 10.1 Å². The van der Waals surface area contributed by atoms with Gasteiger partial charge in [0.25, 0.3) is 11.8 Å². The Hall–Kier alpha value is -3.68. The molecule has 0 aliphatic heterocycles. The minimum Gasteiger partial charge on any atom is -0.488 e. The molecule has 0 heterocycles. The standard InChI is InChI=1S/C27H21BrClN3O3/c28-21-8-3-5-18(13-21)17-35-25-12-11-19-6-1-2-10-23(19)24(25)15-31-32-26(33)16-30-27(34)20-7-4-9-22(29)14-20/h1-15H,16-17H2,(H,30,34)(H,32,33)/b31-15+. The molecule has 0 saturated carbocycles. The summed E-state index contributed by atoms with van der Waals surface area (Å²) >= 11 is 9.38. The van der Waals surface area contributed by atoms with Crippen LogP contribution in [0.4, 0.5) is 0 Å². The van der Waals surface area contributed by atoms with Crippen LogP contribution in [0.1, 0.15) is 21.5 Å². The number of nitrogens with one attached hydrogen (secondary N) is 2. The van der Waals surface area contributed by atoms with Gasteiger partial charge in [0.2, 0.25) is 0 Å². The minimum absolute atomic E-state index is 0.232. The molecular formula is C27H21BrClN3O3. The molecule has 0 saturated heterocycles. The maximum Gasteiger partial charge on any atom is 0.259 e. The van der Waals surface area contributed by atoms with E-state index in [0.29, 0.717) is 22.9 Å². The Bertz CT molecular complexity index is 1410. The molecule has 0 atom stereocenters. The zero-order chi connectivity index (χ0) is 24.6. The van der Waals surface area contributed by atoms with Crippen molar-refractivity contribution in [3.8, 4) is 5.75 Å². The van der Waals surface area contributed by atoms with Crippen LogP contribution < -0.4 is 15.5 Å². The number of hydrogen-bond acceptors (Lipinski definition) is 4. The first kappa shape index (κ1) is 24.4. The van der Waals surface area contributed by atoms with Gasteiger partial charge in [-0.3, -0.25) is 9.59 Å². The van der Waals surface area contributed by atoms with E-state index in [2.05, 4.69) is 31.8 Å². The summed E-state index contributed by atoms with van der Waals surface area (Å²) in [6.45, 7) is 0.144. The fourth-order valence-electron chi connectivity index (χ4n) is 3.42. The lowest BCUT2D eigenvalue weighted by atomic mass is 10.0. The number of benzene rings is 4. The van der Waals surface area contributed by atoms with Gasteiger partial charge in [-0.25, -0.2) is 5.43 Å². The second-order valence-corrected chi connectivity index (χ2v) is 8.96.